The Bertz CT molecular complexity index is 719. The molecule has 0 radical (unpaired) electrons. The molecule has 21 heavy (non-hydrogen) atoms. The quantitative estimate of drug-likeness (QED) is 0.480. The minimum Gasteiger partial charge on any atom is -0.322 e. The molecule has 9 heteroatoms. The maximum absolute atomic E-state index is 12.0. The highest BCUT2D eigenvalue weighted by atomic mass is 79.9. The molecule has 6 nitrogen and oxygen atoms in total. The highest BCUT2D eigenvalue weighted by Gasteiger charge is 2.15. The molecule has 0 spiro atoms. The van der Waals surface area contributed by atoms with Gasteiger partial charge in [0.05, 0.1) is 9.40 Å². The molecule has 0 unspecified atom stereocenters. The van der Waals surface area contributed by atoms with E-state index in [0.717, 1.165) is 0 Å². The van der Waals surface area contributed by atoms with Crippen LogP contribution in [0.1, 0.15) is 10.4 Å². The number of anilines is 1. The monoisotopic (exact) mass is 389 g/mol. The molecule has 0 atom stereocenters. The molecule has 1 N–H and O–H groups in total. The number of hydrogen-bond acceptors (Lipinski definition) is 4. The molecule has 0 saturated heterocycles. The molecule has 0 aliphatic carbocycles. The van der Waals surface area contributed by atoms with E-state index in [1.54, 1.807) is 0 Å². The van der Waals surface area contributed by atoms with Gasteiger partial charge in [0.2, 0.25) is 0 Å². The first-order valence-electron chi connectivity index (χ1n) is 5.45. The Balaban J connectivity index is 2.27. The zero-order chi connectivity index (χ0) is 15.6. The van der Waals surface area contributed by atoms with Crippen molar-refractivity contribution >= 4 is 56.4 Å². The third-order valence-electron chi connectivity index (χ3n) is 2.43. The first kappa shape index (κ1) is 15.7. The smallest absolute Gasteiger partial charge is 0.285 e. The first-order valence-corrected chi connectivity index (χ1v) is 7.00. The van der Waals surface area contributed by atoms with Crippen LogP contribution in [0.3, 0.4) is 0 Å². The van der Waals surface area contributed by atoms with E-state index in [1.807, 2.05) is 0 Å². The van der Waals surface area contributed by atoms with Crippen molar-refractivity contribution in [1.82, 2.24) is 4.98 Å². The Labute approximate surface area is 137 Å². The Morgan fingerprint density at radius 3 is 2.43 bits per heavy atom. The number of rotatable bonds is 3. The van der Waals surface area contributed by atoms with Crippen LogP contribution in [0.25, 0.3) is 0 Å². The van der Waals surface area contributed by atoms with E-state index >= 15 is 0 Å². The first-order chi connectivity index (χ1) is 9.86. The average Bonchev–Trinajstić information content (AvgIpc) is 2.39. The van der Waals surface area contributed by atoms with Crippen molar-refractivity contribution in [3.05, 3.63) is 60.8 Å². The number of nitrogens with one attached hydrogen (secondary N) is 1. The second-order valence-corrected chi connectivity index (χ2v) is 5.51. The summed E-state index contributed by atoms with van der Waals surface area (Å²) in [7, 11) is 0. The minimum atomic E-state index is -0.556. The number of pyridine rings is 1. The van der Waals surface area contributed by atoms with Crippen molar-refractivity contribution in [3.63, 3.8) is 0 Å². The third kappa shape index (κ3) is 3.90. The van der Waals surface area contributed by atoms with Gasteiger partial charge in [0.15, 0.2) is 0 Å². The summed E-state index contributed by atoms with van der Waals surface area (Å²) >= 11 is 14.5. The molecule has 108 valence electrons. The molecule has 2 rings (SSSR count). The van der Waals surface area contributed by atoms with Crippen molar-refractivity contribution < 1.29 is 9.72 Å². The fourth-order valence-corrected chi connectivity index (χ4v) is 2.38. The topological polar surface area (TPSA) is 85.1 Å². The fourth-order valence-electron chi connectivity index (χ4n) is 1.53. The lowest BCUT2D eigenvalue weighted by Crippen LogP contribution is -2.12. The highest BCUT2D eigenvalue weighted by molar-refractivity contribution is 9.10. The minimum absolute atomic E-state index is 0.0782. The molecule has 1 aromatic carbocycles. The lowest BCUT2D eigenvalue weighted by atomic mass is 10.2. The molecule has 0 aliphatic rings. The summed E-state index contributed by atoms with van der Waals surface area (Å²) in [4.78, 5) is 26.1. The van der Waals surface area contributed by atoms with E-state index in [9.17, 15) is 14.9 Å². The zero-order valence-electron chi connectivity index (χ0n) is 10.1. The van der Waals surface area contributed by atoms with Gasteiger partial charge in [-0.25, -0.2) is 4.98 Å². The second kappa shape index (κ2) is 6.38. The van der Waals surface area contributed by atoms with E-state index in [4.69, 9.17) is 23.2 Å². The second-order valence-electron chi connectivity index (χ2n) is 3.88. The van der Waals surface area contributed by atoms with Crippen molar-refractivity contribution in [1.29, 1.82) is 0 Å². The number of benzene rings is 1. The SMILES string of the molecule is O=C(Nc1ccc(Br)c([N+](=O)[O-])c1)c1cc(Cl)nc(Cl)c1. The summed E-state index contributed by atoms with van der Waals surface area (Å²) in [6.07, 6.45) is 0. The van der Waals surface area contributed by atoms with E-state index < -0.39 is 10.8 Å². The predicted molar refractivity (Wildman–Crippen MR) is 83.0 cm³/mol. The van der Waals surface area contributed by atoms with Crippen molar-refractivity contribution in [2.45, 2.75) is 0 Å². The third-order valence-corrected chi connectivity index (χ3v) is 3.48. The maximum atomic E-state index is 12.0. The summed E-state index contributed by atoms with van der Waals surface area (Å²) in [6.45, 7) is 0. The molecular formula is C12H6BrCl2N3O3. The number of carbonyl (C=O) groups is 1. The summed E-state index contributed by atoms with van der Waals surface area (Å²) < 4.78 is 0.320. The molecule has 1 heterocycles. The summed E-state index contributed by atoms with van der Waals surface area (Å²) in [5, 5.41) is 13.5. The van der Waals surface area contributed by atoms with Gasteiger partial charge in [-0.3, -0.25) is 14.9 Å². The van der Waals surface area contributed by atoms with Crippen LogP contribution in [-0.4, -0.2) is 15.8 Å². The summed E-state index contributed by atoms with van der Waals surface area (Å²) in [5.41, 5.74) is 0.322. The number of nitro groups is 1. The molecule has 2 aromatic rings. The van der Waals surface area contributed by atoms with E-state index in [2.05, 4.69) is 26.2 Å². The van der Waals surface area contributed by atoms with Gasteiger partial charge >= 0.3 is 0 Å². The Morgan fingerprint density at radius 2 is 1.86 bits per heavy atom. The van der Waals surface area contributed by atoms with Crippen LogP contribution >= 0.6 is 39.1 Å². The summed E-state index contributed by atoms with van der Waals surface area (Å²) in [5.74, 6) is -0.502. The Kier molecular flexibility index (Phi) is 4.76. The van der Waals surface area contributed by atoms with Crippen LogP contribution in [0.2, 0.25) is 10.3 Å². The van der Waals surface area contributed by atoms with Crippen LogP contribution < -0.4 is 5.32 Å². The fraction of sp³-hybridized carbons (Fsp3) is 0. The molecule has 0 fully saturated rings. The van der Waals surface area contributed by atoms with E-state index in [0.29, 0.717) is 4.47 Å². The van der Waals surface area contributed by atoms with Crippen LogP contribution in [0, 0.1) is 10.1 Å². The van der Waals surface area contributed by atoms with Gasteiger partial charge < -0.3 is 5.32 Å². The number of nitro benzene ring substituents is 1. The highest BCUT2D eigenvalue weighted by Crippen LogP contribution is 2.28. The molecule has 0 saturated carbocycles. The van der Waals surface area contributed by atoms with E-state index in [1.165, 1.54) is 30.3 Å². The maximum Gasteiger partial charge on any atom is 0.285 e. The zero-order valence-corrected chi connectivity index (χ0v) is 13.2. The van der Waals surface area contributed by atoms with Crippen molar-refractivity contribution in [2.24, 2.45) is 0 Å². The Morgan fingerprint density at radius 1 is 1.24 bits per heavy atom. The van der Waals surface area contributed by atoms with Gasteiger partial charge in [0.1, 0.15) is 10.3 Å². The van der Waals surface area contributed by atoms with E-state index in [-0.39, 0.29) is 27.2 Å². The predicted octanol–water partition coefficient (Wildman–Crippen LogP) is 4.31. The van der Waals surface area contributed by atoms with Gasteiger partial charge in [0, 0.05) is 17.3 Å². The van der Waals surface area contributed by atoms with Crippen LogP contribution in [0.4, 0.5) is 11.4 Å². The average molecular weight is 391 g/mol. The lowest BCUT2D eigenvalue weighted by molar-refractivity contribution is -0.385. The molecule has 1 aromatic heterocycles. The van der Waals surface area contributed by atoms with Crippen LogP contribution in [0.15, 0.2) is 34.8 Å². The molecule has 0 bridgehead atoms. The van der Waals surface area contributed by atoms with Crippen molar-refractivity contribution in [2.75, 3.05) is 5.32 Å². The number of carbonyl (C=O) groups excluding carboxylic acids is 1. The number of amides is 1. The largest absolute Gasteiger partial charge is 0.322 e. The number of halogens is 3. The van der Waals surface area contributed by atoms with Gasteiger partial charge in [-0.05, 0) is 40.2 Å². The number of aromatic nitrogens is 1. The van der Waals surface area contributed by atoms with Gasteiger partial charge in [-0.2, -0.15) is 0 Å². The summed E-state index contributed by atoms with van der Waals surface area (Å²) in [6, 6.07) is 6.93. The number of hydrogen-bond donors (Lipinski definition) is 1. The standard InChI is InChI=1S/C12H6BrCl2N3O3/c13-8-2-1-7(5-9(8)18(20)21)16-12(19)6-3-10(14)17-11(15)4-6/h1-5H,(H,16,19). The normalized spacial score (nSPS) is 10.2. The Hall–Kier alpha value is -1.70. The van der Waals surface area contributed by atoms with Crippen LogP contribution in [-0.2, 0) is 0 Å². The molecular weight excluding hydrogens is 385 g/mol. The van der Waals surface area contributed by atoms with Crippen LogP contribution in [0.5, 0.6) is 0 Å². The number of nitrogens with zero attached hydrogens (tertiary/aromatic N) is 2. The van der Waals surface area contributed by atoms with Gasteiger partial charge in [-0.1, -0.05) is 23.2 Å². The molecule has 1 amide bonds. The van der Waals surface area contributed by atoms with Crippen molar-refractivity contribution in [3.8, 4) is 0 Å². The van der Waals surface area contributed by atoms with Gasteiger partial charge in [0.25, 0.3) is 11.6 Å². The van der Waals surface area contributed by atoms with Gasteiger partial charge in [-0.15, -0.1) is 0 Å². The molecule has 0 aliphatic heterocycles. The lowest BCUT2D eigenvalue weighted by Gasteiger charge is -2.06.